The van der Waals surface area contributed by atoms with Crippen LogP contribution in [-0.2, 0) is 17.7 Å². The summed E-state index contributed by atoms with van der Waals surface area (Å²) in [7, 11) is -5.70. The summed E-state index contributed by atoms with van der Waals surface area (Å²) >= 11 is 0. The number of aromatic amines is 1. The molecule has 2 N–H and O–H groups in total. The Hall–Kier alpha value is -1.09. The lowest BCUT2D eigenvalue weighted by Crippen LogP contribution is -2.67. The van der Waals surface area contributed by atoms with Crippen LogP contribution >= 0.6 is 0 Å². The zero-order chi connectivity index (χ0) is 24.9. The van der Waals surface area contributed by atoms with Crippen molar-refractivity contribution in [3.63, 3.8) is 0 Å². The third kappa shape index (κ3) is 4.37. The van der Waals surface area contributed by atoms with E-state index in [9.17, 15) is 14.7 Å². The molecule has 0 radical (unpaired) electrons. The van der Waals surface area contributed by atoms with E-state index in [4.69, 9.17) is 17.7 Å². The van der Waals surface area contributed by atoms with Crippen LogP contribution in [-0.4, -0.2) is 56.2 Å². The lowest BCUT2D eigenvalue weighted by Gasteiger charge is -2.52. The highest BCUT2D eigenvalue weighted by molar-refractivity contribution is 6.84. The third-order valence-electron chi connectivity index (χ3n) is 7.14. The van der Waals surface area contributed by atoms with Crippen LogP contribution in [0.3, 0.4) is 0 Å². The zero-order valence-corrected chi connectivity index (χ0v) is 23.2. The highest BCUT2D eigenvalue weighted by Gasteiger charge is 2.64. The molecule has 3 heterocycles. The van der Waals surface area contributed by atoms with Gasteiger partial charge in [0.25, 0.3) is 5.56 Å². The van der Waals surface area contributed by atoms with Crippen molar-refractivity contribution >= 4 is 17.1 Å². The maximum Gasteiger partial charge on any atom is 0.335 e. The lowest BCUT2D eigenvalue weighted by atomic mass is 9.96. The van der Waals surface area contributed by atoms with Crippen LogP contribution in [0.4, 0.5) is 0 Å². The molecule has 1 aromatic heterocycles. The van der Waals surface area contributed by atoms with E-state index in [0.717, 1.165) is 0 Å². The van der Waals surface area contributed by atoms with Gasteiger partial charge in [-0.15, -0.1) is 0 Å². The molecule has 2 saturated heterocycles. The molecular formula is C22H40N2O7Si2. The van der Waals surface area contributed by atoms with Gasteiger partial charge in [0, 0.05) is 12.3 Å². The molecule has 0 aliphatic carbocycles. The maximum atomic E-state index is 12.5. The molecule has 4 atom stereocenters. The first-order valence-electron chi connectivity index (χ1n) is 11.9. The second-order valence-corrected chi connectivity index (χ2v) is 19.6. The molecule has 2 aliphatic rings. The van der Waals surface area contributed by atoms with E-state index in [1.807, 2.05) is 0 Å². The predicted molar refractivity (Wildman–Crippen MR) is 130 cm³/mol. The first-order chi connectivity index (χ1) is 15.2. The van der Waals surface area contributed by atoms with Gasteiger partial charge >= 0.3 is 22.8 Å². The molecule has 188 valence electrons. The zero-order valence-electron chi connectivity index (χ0n) is 21.2. The molecule has 2 fully saturated rings. The quantitative estimate of drug-likeness (QED) is 0.597. The lowest BCUT2D eigenvalue weighted by molar-refractivity contribution is -0.0973. The fraction of sp³-hybridized carbons (Fsp3) is 0.818. The summed E-state index contributed by atoms with van der Waals surface area (Å²) in [5.41, 5.74) is -2.17. The number of nitrogens with zero attached hydrogens (tertiary/aromatic N) is 1. The Morgan fingerprint density at radius 1 is 1.03 bits per heavy atom. The molecule has 11 heteroatoms. The van der Waals surface area contributed by atoms with Gasteiger partial charge in [-0.05, 0) is 29.1 Å². The summed E-state index contributed by atoms with van der Waals surface area (Å²) in [6.45, 7) is 18.8. The molecule has 1 aromatic rings. The van der Waals surface area contributed by atoms with Crippen molar-refractivity contribution in [2.45, 2.75) is 109 Å². The van der Waals surface area contributed by atoms with Crippen molar-refractivity contribution < 1.29 is 22.8 Å². The molecule has 0 saturated carbocycles. The number of rotatable bonds is 5. The number of fused-ring (bicyclic) bond motifs is 1. The van der Waals surface area contributed by atoms with Crippen molar-refractivity contribution in [3.8, 4) is 0 Å². The van der Waals surface area contributed by atoms with Gasteiger partial charge in [0.15, 0.2) is 6.23 Å². The van der Waals surface area contributed by atoms with Gasteiger partial charge in [0.2, 0.25) is 0 Å². The molecule has 2 aliphatic heterocycles. The summed E-state index contributed by atoms with van der Waals surface area (Å²) < 4.78 is 28.2. The number of ether oxygens (including phenoxy) is 1. The normalized spacial score (nSPS) is 31.8. The summed E-state index contributed by atoms with van der Waals surface area (Å²) in [4.78, 5) is 26.3. The van der Waals surface area contributed by atoms with Crippen molar-refractivity contribution in [2.75, 3.05) is 6.61 Å². The highest BCUT2D eigenvalue weighted by Crippen LogP contribution is 2.50. The minimum Gasteiger partial charge on any atom is -0.414 e. The van der Waals surface area contributed by atoms with Crippen LogP contribution in [0.1, 0.15) is 68.5 Å². The number of H-pyrrole nitrogens is 1. The van der Waals surface area contributed by atoms with Gasteiger partial charge in [-0.2, -0.15) is 0 Å². The Kier molecular flexibility index (Phi) is 7.37. The smallest absolute Gasteiger partial charge is 0.335 e. The van der Waals surface area contributed by atoms with Gasteiger partial charge in [0.05, 0.1) is 6.61 Å². The van der Waals surface area contributed by atoms with Gasteiger partial charge < -0.3 is 22.8 Å². The van der Waals surface area contributed by atoms with Gasteiger partial charge in [-0.3, -0.25) is 14.3 Å². The molecule has 1 unspecified atom stereocenters. The van der Waals surface area contributed by atoms with Crippen molar-refractivity contribution in [1.29, 1.82) is 0 Å². The Labute approximate surface area is 197 Å². The Morgan fingerprint density at radius 2 is 1.58 bits per heavy atom. The van der Waals surface area contributed by atoms with Gasteiger partial charge in [-0.1, -0.05) is 55.4 Å². The number of nitrogens with one attached hydrogen (secondary N) is 1. The summed E-state index contributed by atoms with van der Waals surface area (Å²) in [6.07, 6.45) is -1.06. The first kappa shape index (κ1) is 26.5. The molecule has 0 spiro atoms. The third-order valence-corrected chi connectivity index (χ3v) is 17.4. The number of aliphatic hydroxyl groups is 1. The van der Waals surface area contributed by atoms with E-state index in [2.05, 4.69) is 60.4 Å². The van der Waals surface area contributed by atoms with Crippen LogP contribution in [0, 0.1) is 0 Å². The maximum absolute atomic E-state index is 12.5. The van der Waals surface area contributed by atoms with Crippen LogP contribution in [0.25, 0.3) is 0 Å². The Balaban J connectivity index is 2.14. The fourth-order valence-electron chi connectivity index (χ4n) is 5.30. The van der Waals surface area contributed by atoms with Crippen LogP contribution in [0.15, 0.2) is 21.9 Å². The largest absolute Gasteiger partial charge is 0.414 e. The SMILES string of the molecule is CC(C)[Si]1(C(C)C)OC[C@H]2O[C@@H](n3ccc(=O)[nH]c3=O)[C@@](C)(O)C2O[Si](C(C)C)(C(C)C)O1. The molecule has 0 bridgehead atoms. The van der Waals surface area contributed by atoms with Crippen molar-refractivity contribution in [1.82, 2.24) is 9.55 Å². The second kappa shape index (κ2) is 9.17. The molecule has 33 heavy (non-hydrogen) atoms. The average Bonchev–Trinajstić information content (AvgIpc) is 2.90. The van der Waals surface area contributed by atoms with Gasteiger partial charge in [-0.25, -0.2) is 4.79 Å². The summed E-state index contributed by atoms with van der Waals surface area (Å²) in [5.74, 6) is 0. The van der Waals surface area contributed by atoms with E-state index in [1.54, 1.807) is 6.92 Å². The molecular weight excluding hydrogens is 460 g/mol. The molecule has 0 aromatic carbocycles. The van der Waals surface area contributed by atoms with Crippen molar-refractivity contribution in [2.24, 2.45) is 0 Å². The Morgan fingerprint density at radius 3 is 2.06 bits per heavy atom. The van der Waals surface area contributed by atoms with Crippen molar-refractivity contribution in [3.05, 3.63) is 33.1 Å². The van der Waals surface area contributed by atoms with Crippen LogP contribution < -0.4 is 11.2 Å². The molecule has 9 nitrogen and oxygen atoms in total. The van der Waals surface area contributed by atoms with E-state index in [-0.39, 0.29) is 28.8 Å². The molecule has 3 rings (SSSR count). The standard InChI is InChI=1S/C22H40N2O7Si2/c1-13(2)32(14(3)4)28-12-17-19(30-33(31-32,15(5)6)16(7)8)22(9,27)20(29-17)24-11-10-18(25)23-21(24)26/h10-11,13-17,19-20,27H,12H2,1-9H3,(H,23,25,26)/t17-,19?,20-,22+/m1/s1. The Bertz CT molecular complexity index is 941. The highest BCUT2D eigenvalue weighted by atomic mass is 28.5. The van der Waals surface area contributed by atoms with Crippen LogP contribution in [0.2, 0.25) is 22.2 Å². The minimum absolute atomic E-state index is 0.0925. The number of aromatic nitrogens is 2. The fourth-order valence-corrected chi connectivity index (χ4v) is 16.6. The summed E-state index contributed by atoms with van der Waals surface area (Å²) in [6, 6.07) is 1.23. The van der Waals surface area contributed by atoms with E-state index >= 15 is 0 Å². The second-order valence-electron chi connectivity index (χ2n) is 10.8. The topological polar surface area (TPSA) is 112 Å². The summed E-state index contributed by atoms with van der Waals surface area (Å²) in [5, 5.41) is 11.7. The number of hydrogen-bond acceptors (Lipinski definition) is 7. The number of hydrogen-bond donors (Lipinski definition) is 2. The van der Waals surface area contributed by atoms with E-state index < -0.39 is 52.4 Å². The predicted octanol–water partition coefficient (Wildman–Crippen LogP) is 3.14. The molecule has 0 amide bonds. The van der Waals surface area contributed by atoms with Crippen LogP contribution in [0.5, 0.6) is 0 Å². The van der Waals surface area contributed by atoms with E-state index in [0.29, 0.717) is 0 Å². The minimum atomic E-state index is -2.96. The average molecular weight is 501 g/mol. The monoisotopic (exact) mass is 500 g/mol. The van der Waals surface area contributed by atoms with Gasteiger partial charge in [0.1, 0.15) is 17.8 Å². The van der Waals surface area contributed by atoms with E-state index in [1.165, 1.54) is 16.8 Å². The first-order valence-corrected chi connectivity index (χ1v) is 15.8.